The van der Waals surface area contributed by atoms with E-state index in [0.717, 1.165) is 77.0 Å². The van der Waals surface area contributed by atoms with Gasteiger partial charge in [-0.3, -0.25) is 14.1 Å². The quantitative estimate of drug-likeness (QED) is 0.0289. The first kappa shape index (κ1) is 49.0. The van der Waals surface area contributed by atoms with Crippen LogP contribution in [0.15, 0.2) is 97.2 Å². The Morgan fingerprint density at radius 2 is 0.885 bits per heavy atom. The number of phosphoric ester groups is 1. The van der Waals surface area contributed by atoms with Crippen LogP contribution in [-0.4, -0.2) is 41.0 Å². The van der Waals surface area contributed by atoms with E-state index in [-0.39, 0.29) is 19.4 Å². The first-order valence-corrected chi connectivity index (χ1v) is 21.1. The third kappa shape index (κ3) is 39.8. The second-order valence-corrected chi connectivity index (χ2v) is 13.7. The topological polar surface area (TPSA) is 119 Å². The Morgan fingerprint density at radius 1 is 0.500 bits per heavy atom. The number of hydrogen-bond acceptors (Lipinski definition) is 6. The molecule has 8 nitrogen and oxygen atoms in total. The van der Waals surface area contributed by atoms with E-state index in [4.69, 9.17) is 19.3 Å². The SMILES string of the molecule is CC/C=C\C/C=C\C/C=C\C/C=C\C/C=C\CCCC(=O)OC(COC(=O)CCCCCCCCC/C=C\C/C=C\C/C=C\CC)COP(=O)(O)O. The van der Waals surface area contributed by atoms with E-state index in [0.29, 0.717) is 19.3 Å². The van der Waals surface area contributed by atoms with E-state index in [1.807, 2.05) is 12.2 Å². The maximum Gasteiger partial charge on any atom is 0.469 e. The maximum atomic E-state index is 12.4. The van der Waals surface area contributed by atoms with E-state index >= 15 is 0 Å². The molecule has 0 heterocycles. The second kappa shape index (κ2) is 37.7. The van der Waals surface area contributed by atoms with Gasteiger partial charge in [0.2, 0.25) is 0 Å². The fourth-order valence-electron chi connectivity index (χ4n) is 4.77. The van der Waals surface area contributed by atoms with Gasteiger partial charge >= 0.3 is 19.8 Å². The lowest BCUT2D eigenvalue weighted by atomic mass is 10.1. The van der Waals surface area contributed by atoms with Gasteiger partial charge in [-0.1, -0.05) is 143 Å². The van der Waals surface area contributed by atoms with Crippen molar-refractivity contribution in [2.24, 2.45) is 0 Å². The van der Waals surface area contributed by atoms with Crippen molar-refractivity contribution in [1.29, 1.82) is 0 Å². The van der Waals surface area contributed by atoms with E-state index in [2.05, 4.69) is 103 Å². The molecule has 0 bridgehead atoms. The minimum atomic E-state index is -4.78. The van der Waals surface area contributed by atoms with Crippen molar-refractivity contribution in [1.82, 2.24) is 0 Å². The summed E-state index contributed by atoms with van der Waals surface area (Å²) in [5.41, 5.74) is 0. The number of ether oxygens (including phenoxy) is 2. The van der Waals surface area contributed by atoms with Crippen LogP contribution in [0, 0.1) is 0 Å². The number of allylic oxidation sites excluding steroid dienone is 16. The fourth-order valence-corrected chi connectivity index (χ4v) is 5.13. The van der Waals surface area contributed by atoms with Crippen LogP contribution in [0.1, 0.15) is 142 Å². The van der Waals surface area contributed by atoms with Gasteiger partial charge in [-0.25, -0.2) is 4.57 Å². The normalized spacial score (nSPS) is 13.5. The Hall–Kier alpha value is -3.03. The van der Waals surface area contributed by atoms with Gasteiger partial charge in [0.05, 0.1) is 6.61 Å². The summed E-state index contributed by atoms with van der Waals surface area (Å²) < 4.78 is 26.3. The lowest BCUT2D eigenvalue weighted by Crippen LogP contribution is -2.29. The van der Waals surface area contributed by atoms with Gasteiger partial charge < -0.3 is 19.3 Å². The predicted molar refractivity (Wildman–Crippen MR) is 216 cm³/mol. The smallest absolute Gasteiger partial charge is 0.462 e. The molecule has 0 spiro atoms. The van der Waals surface area contributed by atoms with E-state index < -0.39 is 32.5 Å². The van der Waals surface area contributed by atoms with Gasteiger partial charge in [0.15, 0.2) is 6.10 Å². The van der Waals surface area contributed by atoms with Crippen LogP contribution in [0.5, 0.6) is 0 Å². The molecule has 0 aliphatic carbocycles. The number of carbonyl (C=O) groups is 2. The highest BCUT2D eigenvalue weighted by Gasteiger charge is 2.22. The van der Waals surface area contributed by atoms with Crippen molar-refractivity contribution in [3.05, 3.63) is 97.2 Å². The number of carbonyl (C=O) groups excluding carboxylic acids is 2. The summed E-state index contributed by atoms with van der Waals surface area (Å²) in [6.07, 6.45) is 51.3. The molecule has 0 radical (unpaired) electrons. The summed E-state index contributed by atoms with van der Waals surface area (Å²) in [7, 11) is -4.78. The van der Waals surface area contributed by atoms with Crippen LogP contribution in [0.4, 0.5) is 0 Å². The minimum Gasteiger partial charge on any atom is -0.462 e. The van der Waals surface area contributed by atoms with Crippen molar-refractivity contribution in [2.75, 3.05) is 13.2 Å². The monoisotopic (exact) mass is 744 g/mol. The molecule has 294 valence electrons. The van der Waals surface area contributed by atoms with Gasteiger partial charge in [0.1, 0.15) is 6.61 Å². The fraction of sp³-hybridized carbons (Fsp3) is 0.581. The lowest BCUT2D eigenvalue weighted by molar-refractivity contribution is -0.161. The average Bonchev–Trinajstić information content (AvgIpc) is 3.11. The van der Waals surface area contributed by atoms with Crippen LogP contribution in [0.3, 0.4) is 0 Å². The first-order valence-electron chi connectivity index (χ1n) is 19.5. The van der Waals surface area contributed by atoms with Gasteiger partial charge in [-0.2, -0.15) is 0 Å². The maximum absolute atomic E-state index is 12.4. The third-order valence-corrected chi connectivity index (χ3v) is 8.08. The Kier molecular flexibility index (Phi) is 35.5. The number of esters is 2. The highest BCUT2D eigenvalue weighted by atomic mass is 31.2. The van der Waals surface area contributed by atoms with Crippen molar-refractivity contribution >= 4 is 19.8 Å². The first-order chi connectivity index (χ1) is 25.3. The van der Waals surface area contributed by atoms with Gasteiger partial charge in [0, 0.05) is 12.8 Å². The predicted octanol–water partition coefficient (Wildman–Crippen LogP) is 11.8. The molecule has 0 amide bonds. The summed E-state index contributed by atoms with van der Waals surface area (Å²) in [5.74, 6) is -0.975. The highest BCUT2D eigenvalue weighted by Crippen LogP contribution is 2.35. The summed E-state index contributed by atoms with van der Waals surface area (Å²) in [6, 6.07) is 0. The standard InChI is InChI=1S/C43H69O8P/c1-3-5-7-9-11-13-15-17-19-21-23-25-27-29-31-33-35-37-42(44)49-39-41(40-50-52(46,47)48)51-43(45)38-36-34-32-30-28-26-24-22-20-18-16-14-12-10-8-6-4-2/h5-8,11-14,17-20,24,26,30,32,41H,3-4,9-10,15-16,21-23,25,27-29,31,33-40H2,1-2H3,(H2,46,47,48)/b7-5-,8-6-,13-11-,14-12-,19-17-,20-18-,26-24-,32-30-. The summed E-state index contributed by atoms with van der Waals surface area (Å²) in [6.45, 7) is 3.38. The third-order valence-electron chi connectivity index (χ3n) is 7.60. The van der Waals surface area contributed by atoms with Crippen molar-refractivity contribution < 1.29 is 37.9 Å². The molecule has 0 rings (SSSR count). The molecule has 0 aromatic rings. The molecule has 0 aliphatic rings. The zero-order valence-electron chi connectivity index (χ0n) is 32.2. The van der Waals surface area contributed by atoms with E-state index in [1.165, 1.54) is 19.3 Å². The molecular formula is C43H69O8P. The Balaban J connectivity index is 4.09. The average molecular weight is 745 g/mol. The Bertz CT molecular complexity index is 1160. The number of rotatable bonds is 34. The highest BCUT2D eigenvalue weighted by molar-refractivity contribution is 7.46. The molecule has 0 aromatic carbocycles. The second-order valence-electron chi connectivity index (χ2n) is 12.5. The number of phosphoric acid groups is 1. The van der Waals surface area contributed by atoms with Crippen LogP contribution in [0.25, 0.3) is 0 Å². The molecule has 0 aliphatic heterocycles. The van der Waals surface area contributed by atoms with Crippen molar-refractivity contribution in [3.8, 4) is 0 Å². The van der Waals surface area contributed by atoms with Crippen molar-refractivity contribution in [3.63, 3.8) is 0 Å². The molecule has 0 saturated carbocycles. The molecule has 1 unspecified atom stereocenters. The zero-order chi connectivity index (χ0) is 38.2. The molecular weight excluding hydrogens is 675 g/mol. The molecule has 1 atom stereocenters. The lowest BCUT2D eigenvalue weighted by Gasteiger charge is -2.18. The molecule has 0 fully saturated rings. The van der Waals surface area contributed by atoms with E-state index in [9.17, 15) is 14.2 Å². The van der Waals surface area contributed by atoms with Crippen LogP contribution >= 0.6 is 7.82 Å². The van der Waals surface area contributed by atoms with Crippen molar-refractivity contribution in [2.45, 2.75) is 148 Å². The largest absolute Gasteiger partial charge is 0.469 e. The van der Waals surface area contributed by atoms with Gasteiger partial charge in [0.25, 0.3) is 0 Å². The summed E-state index contributed by atoms with van der Waals surface area (Å²) in [4.78, 5) is 42.8. The molecule has 9 heteroatoms. The Morgan fingerprint density at radius 3 is 1.35 bits per heavy atom. The molecule has 52 heavy (non-hydrogen) atoms. The Labute approximate surface area is 315 Å². The van der Waals surface area contributed by atoms with Crippen LogP contribution in [-0.2, 0) is 28.2 Å². The molecule has 0 aromatic heterocycles. The summed E-state index contributed by atoms with van der Waals surface area (Å²) in [5, 5.41) is 0. The summed E-state index contributed by atoms with van der Waals surface area (Å²) >= 11 is 0. The number of unbranched alkanes of at least 4 members (excludes halogenated alkanes) is 8. The molecule has 2 N–H and O–H groups in total. The number of hydrogen-bond donors (Lipinski definition) is 2. The minimum absolute atomic E-state index is 0.125. The van der Waals surface area contributed by atoms with Gasteiger partial charge in [-0.05, 0) is 83.5 Å². The molecule has 0 saturated heterocycles. The van der Waals surface area contributed by atoms with Gasteiger partial charge in [-0.15, -0.1) is 0 Å². The van der Waals surface area contributed by atoms with E-state index in [1.54, 1.807) is 0 Å². The zero-order valence-corrected chi connectivity index (χ0v) is 33.1. The van der Waals surface area contributed by atoms with Crippen LogP contribution < -0.4 is 0 Å². The van der Waals surface area contributed by atoms with Crippen LogP contribution in [0.2, 0.25) is 0 Å².